The Labute approximate surface area is 224 Å². The van der Waals surface area contributed by atoms with Gasteiger partial charge in [-0.1, -0.05) is 42.5 Å². The lowest BCUT2D eigenvalue weighted by Gasteiger charge is -2.28. The molecule has 0 radical (unpaired) electrons. The molecule has 1 aliphatic heterocycles. The number of rotatable bonds is 11. The molecular weight excluding hydrogens is 511 g/mol. The van der Waals surface area contributed by atoms with E-state index in [1.165, 1.54) is 12.1 Å². The van der Waals surface area contributed by atoms with Gasteiger partial charge >= 0.3 is 6.18 Å². The van der Waals surface area contributed by atoms with Gasteiger partial charge in [0.05, 0.1) is 12.2 Å². The largest absolute Gasteiger partial charge is 0.494 e. The number of aliphatic imine (C=N–C) groups is 1. The molecule has 0 saturated carbocycles. The number of aliphatic hydroxyl groups excluding tert-OH is 1. The number of halogens is 3. The molecule has 0 fully saturated rings. The molecule has 7 nitrogen and oxygen atoms in total. The summed E-state index contributed by atoms with van der Waals surface area (Å²) in [6, 6.07) is 21.3. The number of amides is 1. The van der Waals surface area contributed by atoms with Crippen LogP contribution in [0.1, 0.15) is 35.6 Å². The Hall–Kier alpha value is -3.89. The Morgan fingerprint density at radius 2 is 1.72 bits per heavy atom. The lowest BCUT2D eigenvalue weighted by atomic mass is 9.86. The maximum absolute atomic E-state index is 13.6. The fourth-order valence-corrected chi connectivity index (χ4v) is 4.20. The number of hydrogen-bond donors (Lipinski definition) is 3. The third-order valence-electron chi connectivity index (χ3n) is 6.42. The topological polar surface area (TPSA) is 92.2 Å². The molecule has 3 aromatic rings. The number of aliphatic hydroxyl groups is 1. The van der Waals surface area contributed by atoms with Crippen LogP contribution in [0, 0.1) is 0 Å². The molecule has 10 heteroatoms. The average Bonchev–Trinajstić information content (AvgIpc) is 3.26. The Bertz CT molecular complexity index is 1270. The molecule has 0 unspecified atom stereocenters. The van der Waals surface area contributed by atoms with Crippen LogP contribution in [0.5, 0.6) is 5.75 Å². The van der Waals surface area contributed by atoms with E-state index in [0.717, 1.165) is 17.7 Å². The van der Waals surface area contributed by atoms with Crippen molar-refractivity contribution in [2.45, 2.75) is 44.1 Å². The Kier molecular flexibility index (Phi) is 8.88. The second-order valence-corrected chi connectivity index (χ2v) is 9.22. The first-order valence-electron chi connectivity index (χ1n) is 12.6. The number of alkyl halides is 3. The molecule has 3 N–H and O–H groups in total. The number of carbonyl (C=O) groups is 1. The smallest absolute Gasteiger partial charge is 0.416 e. The molecule has 1 aliphatic rings. The summed E-state index contributed by atoms with van der Waals surface area (Å²) in [5.74, 6) is 0.530. The number of carbonyl (C=O) groups excluding carboxylic acids is 1. The first kappa shape index (κ1) is 28.1. The molecule has 206 valence electrons. The van der Waals surface area contributed by atoms with Gasteiger partial charge in [0.15, 0.2) is 5.54 Å². The van der Waals surface area contributed by atoms with E-state index in [1.807, 2.05) is 30.3 Å². The molecule has 3 aromatic carbocycles. The van der Waals surface area contributed by atoms with Gasteiger partial charge in [-0.2, -0.15) is 13.2 Å². The minimum atomic E-state index is -4.41. The fourth-order valence-electron chi connectivity index (χ4n) is 4.20. The summed E-state index contributed by atoms with van der Waals surface area (Å²) in [6.07, 6.45) is -4.22. The lowest BCUT2D eigenvalue weighted by Crippen LogP contribution is -2.55. The molecule has 0 bridgehead atoms. The van der Waals surface area contributed by atoms with E-state index in [-0.39, 0.29) is 19.6 Å². The van der Waals surface area contributed by atoms with Crippen molar-refractivity contribution in [3.05, 3.63) is 101 Å². The number of nitrogens with one attached hydrogen (secondary N) is 2. The molecule has 0 aromatic heterocycles. The molecule has 1 amide bonds. The van der Waals surface area contributed by atoms with Crippen LogP contribution in [0.2, 0.25) is 0 Å². The summed E-state index contributed by atoms with van der Waals surface area (Å²) in [4.78, 5) is 18.4. The highest BCUT2D eigenvalue weighted by molar-refractivity contribution is 6.00. The number of nitrogens with zero attached hydrogens (tertiary/aromatic N) is 1. The maximum Gasteiger partial charge on any atom is 0.416 e. The normalized spacial score (nSPS) is 18.8. The first-order chi connectivity index (χ1) is 18.7. The number of hydrazine groups is 1. The van der Waals surface area contributed by atoms with E-state index in [2.05, 4.69) is 10.9 Å². The van der Waals surface area contributed by atoms with Crippen molar-refractivity contribution in [1.82, 2.24) is 10.9 Å². The monoisotopic (exact) mass is 541 g/mol. The highest BCUT2D eigenvalue weighted by Crippen LogP contribution is 2.33. The SMILES string of the molecule is C[C@@H]1OC(c2ccc(OCCCO)cc2)=N[C@]1(Cc1ccccc1)C(=O)NNCc1ccc(C(F)(F)F)cc1. The maximum atomic E-state index is 13.6. The standard InChI is InChI=1S/C29H30F3N3O4/c1-20-28(18-21-6-3-2-4-7-21,27(37)35-33-19-22-8-12-24(13-9-22)29(30,31)32)34-26(39-20)23-10-14-25(15-11-23)38-17-5-16-36/h2-4,6-15,20,33,36H,5,16-19H2,1H3,(H,35,37)/t20-,28-/m0/s1. The second kappa shape index (κ2) is 12.3. The number of ether oxygens (including phenoxy) is 2. The van der Waals surface area contributed by atoms with E-state index < -0.39 is 29.3 Å². The molecule has 4 rings (SSSR count). The van der Waals surface area contributed by atoms with Crippen LogP contribution in [0.4, 0.5) is 13.2 Å². The molecule has 2 atom stereocenters. The highest BCUT2D eigenvalue weighted by Gasteiger charge is 2.50. The molecule has 0 spiro atoms. The van der Waals surface area contributed by atoms with Crippen molar-refractivity contribution in [1.29, 1.82) is 0 Å². The van der Waals surface area contributed by atoms with E-state index in [9.17, 15) is 18.0 Å². The first-order valence-corrected chi connectivity index (χ1v) is 12.6. The predicted octanol–water partition coefficient (Wildman–Crippen LogP) is 4.43. The quantitative estimate of drug-likeness (QED) is 0.247. The third-order valence-corrected chi connectivity index (χ3v) is 6.42. The summed E-state index contributed by atoms with van der Waals surface area (Å²) >= 11 is 0. The highest BCUT2D eigenvalue weighted by atomic mass is 19.4. The van der Waals surface area contributed by atoms with Gasteiger partial charge in [0, 0.05) is 31.6 Å². The van der Waals surface area contributed by atoms with Crippen molar-refractivity contribution in [2.75, 3.05) is 13.2 Å². The fraction of sp³-hybridized carbons (Fsp3) is 0.310. The average molecular weight is 542 g/mol. The van der Waals surface area contributed by atoms with Gasteiger partial charge in [0.2, 0.25) is 5.90 Å². The van der Waals surface area contributed by atoms with E-state index >= 15 is 0 Å². The zero-order valence-electron chi connectivity index (χ0n) is 21.4. The summed E-state index contributed by atoms with van der Waals surface area (Å²) < 4.78 is 50.2. The number of benzene rings is 3. The second-order valence-electron chi connectivity index (χ2n) is 9.22. The van der Waals surface area contributed by atoms with Gasteiger partial charge in [0.1, 0.15) is 11.9 Å². The molecule has 0 aliphatic carbocycles. The van der Waals surface area contributed by atoms with Crippen LogP contribution in [-0.4, -0.2) is 41.8 Å². The van der Waals surface area contributed by atoms with Gasteiger partial charge in [-0.3, -0.25) is 10.2 Å². The molecule has 1 heterocycles. The minimum absolute atomic E-state index is 0.0470. The number of hydrogen-bond acceptors (Lipinski definition) is 6. The van der Waals surface area contributed by atoms with Gasteiger partial charge < -0.3 is 14.6 Å². The zero-order valence-corrected chi connectivity index (χ0v) is 21.4. The van der Waals surface area contributed by atoms with Crippen LogP contribution in [0.15, 0.2) is 83.9 Å². The van der Waals surface area contributed by atoms with Crippen LogP contribution < -0.4 is 15.6 Å². The van der Waals surface area contributed by atoms with Crippen LogP contribution in [0.25, 0.3) is 0 Å². The lowest BCUT2D eigenvalue weighted by molar-refractivity contribution is -0.137. The van der Waals surface area contributed by atoms with Crippen LogP contribution in [-0.2, 0) is 28.7 Å². The Morgan fingerprint density at radius 3 is 2.36 bits per heavy atom. The van der Waals surface area contributed by atoms with Crippen LogP contribution >= 0.6 is 0 Å². The van der Waals surface area contributed by atoms with E-state index in [1.54, 1.807) is 31.2 Å². The third kappa shape index (κ3) is 6.96. The van der Waals surface area contributed by atoms with Gasteiger partial charge in [-0.05, 0) is 54.4 Å². The minimum Gasteiger partial charge on any atom is -0.494 e. The van der Waals surface area contributed by atoms with Crippen molar-refractivity contribution in [2.24, 2.45) is 4.99 Å². The van der Waals surface area contributed by atoms with Gasteiger partial charge in [-0.25, -0.2) is 10.4 Å². The van der Waals surface area contributed by atoms with Crippen molar-refractivity contribution in [3.63, 3.8) is 0 Å². The summed E-state index contributed by atoms with van der Waals surface area (Å²) in [5.41, 5.74) is 5.61. The van der Waals surface area contributed by atoms with Crippen LogP contribution in [0.3, 0.4) is 0 Å². The van der Waals surface area contributed by atoms with Crippen molar-refractivity contribution in [3.8, 4) is 5.75 Å². The van der Waals surface area contributed by atoms with E-state index in [0.29, 0.717) is 35.8 Å². The van der Waals surface area contributed by atoms with Gasteiger partial charge in [0.25, 0.3) is 5.91 Å². The molecule has 39 heavy (non-hydrogen) atoms. The molecule has 0 saturated heterocycles. The van der Waals surface area contributed by atoms with Gasteiger partial charge in [-0.15, -0.1) is 0 Å². The molecular formula is C29H30F3N3O4. The zero-order chi connectivity index (χ0) is 27.9. The summed E-state index contributed by atoms with van der Waals surface area (Å²) in [7, 11) is 0. The van der Waals surface area contributed by atoms with E-state index in [4.69, 9.17) is 19.6 Å². The Balaban J connectivity index is 1.51. The summed E-state index contributed by atoms with van der Waals surface area (Å²) in [6.45, 7) is 2.34. The summed E-state index contributed by atoms with van der Waals surface area (Å²) in [5, 5.41) is 8.92. The van der Waals surface area contributed by atoms with Crippen molar-refractivity contribution < 1.29 is 32.5 Å². The Morgan fingerprint density at radius 1 is 1.03 bits per heavy atom. The van der Waals surface area contributed by atoms with Crippen molar-refractivity contribution >= 4 is 11.8 Å². The predicted molar refractivity (Wildman–Crippen MR) is 140 cm³/mol.